The Morgan fingerprint density at radius 1 is 1.25 bits per heavy atom. The van der Waals surface area contributed by atoms with E-state index in [-0.39, 0.29) is 5.54 Å². The van der Waals surface area contributed by atoms with Crippen molar-refractivity contribution in [2.45, 2.75) is 39.2 Å². The van der Waals surface area contributed by atoms with Gasteiger partial charge in [-0.25, -0.2) is 4.98 Å². The summed E-state index contributed by atoms with van der Waals surface area (Å²) in [5.41, 5.74) is 0.0414. The van der Waals surface area contributed by atoms with Gasteiger partial charge in [-0.15, -0.1) is 0 Å². The highest BCUT2D eigenvalue weighted by Gasteiger charge is 2.13. The highest BCUT2D eigenvalue weighted by molar-refractivity contribution is 5.47. The summed E-state index contributed by atoms with van der Waals surface area (Å²) in [6, 6.07) is 6.18. The van der Waals surface area contributed by atoms with Crippen LogP contribution in [-0.4, -0.2) is 48.6 Å². The minimum Gasteiger partial charge on any atom is -0.365 e. The van der Waals surface area contributed by atoms with Crippen LogP contribution in [0.2, 0.25) is 0 Å². The van der Waals surface area contributed by atoms with Crippen LogP contribution in [0.25, 0.3) is 0 Å². The van der Waals surface area contributed by atoms with Crippen molar-refractivity contribution < 1.29 is 0 Å². The first-order valence-electron chi connectivity index (χ1n) is 7.63. The summed E-state index contributed by atoms with van der Waals surface area (Å²) < 4.78 is 0. The van der Waals surface area contributed by atoms with Crippen LogP contribution in [0.4, 0.5) is 11.6 Å². The van der Waals surface area contributed by atoms with Gasteiger partial charge in [0.25, 0.3) is 0 Å². The standard InChI is InChI=1S/C16H28N4/c1-16(2,3)18-14-8-7-9-15(17-14)19(4)12-13-20-10-5-6-11-20/h7-9H,5-6,10-13H2,1-4H3,(H,17,18). The van der Waals surface area contributed by atoms with Crippen molar-refractivity contribution in [3.05, 3.63) is 18.2 Å². The average molecular weight is 276 g/mol. The molecule has 112 valence electrons. The summed E-state index contributed by atoms with van der Waals surface area (Å²) in [6.07, 6.45) is 2.71. The monoisotopic (exact) mass is 276 g/mol. The zero-order valence-electron chi connectivity index (χ0n) is 13.3. The molecule has 1 aliphatic rings. The first-order valence-corrected chi connectivity index (χ1v) is 7.63. The number of nitrogens with zero attached hydrogens (tertiary/aromatic N) is 3. The van der Waals surface area contributed by atoms with Gasteiger partial charge in [0.1, 0.15) is 11.6 Å². The molecule has 0 aliphatic carbocycles. The molecule has 1 aromatic heterocycles. The molecule has 2 rings (SSSR count). The topological polar surface area (TPSA) is 31.4 Å². The summed E-state index contributed by atoms with van der Waals surface area (Å²) in [7, 11) is 2.12. The van der Waals surface area contributed by atoms with Crippen LogP contribution in [0.3, 0.4) is 0 Å². The van der Waals surface area contributed by atoms with Gasteiger partial charge in [-0.3, -0.25) is 0 Å². The van der Waals surface area contributed by atoms with Crippen molar-refractivity contribution in [2.24, 2.45) is 0 Å². The third kappa shape index (κ3) is 4.67. The van der Waals surface area contributed by atoms with Crippen molar-refractivity contribution in [1.29, 1.82) is 0 Å². The Labute approximate surface area is 123 Å². The predicted octanol–water partition coefficient (Wildman–Crippen LogP) is 2.82. The Bertz CT molecular complexity index is 419. The van der Waals surface area contributed by atoms with Gasteiger partial charge in [0, 0.05) is 25.7 Å². The molecule has 0 atom stereocenters. The predicted molar refractivity (Wildman–Crippen MR) is 86.6 cm³/mol. The van der Waals surface area contributed by atoms with Crippen LogP contribution < -0.4 is 10.2 Å². The summed E-state index contributed by atoms with van der Waals surface area (Å²) in [4.78, 5) is 9.48. The van der Waals surface area contributed by atoms with E-state index >= 15 is 0 Å². The molecule has 20 heavy (non-hydrogen) atoms. The van der Waals surface area contributed by atoms with Crippen LogP contribution in [0.1, 0.15) is 33.6 Å². The quantitative estimate of drug-likeness (QED) is 0.896. The number of anilines is 2. The maximum absolute atomic E-state index is 4.70. The number of likely N-dealkylation sites (tertiary alicyclic amines) is 1. The average Bonchev–Trinajstić information content (AvgIpc) is 2.87. The molecule has 1 fully saturated rings. The molecule has 2 heterocycles. The number of likely N-dealkylation sites (N-methyl/N-ethyl adjacent to an activating group) is 1. The lowest BCUT2D eigenvalue weighted by molar-refractivity contribution is 0.346. The van der Waals surface area contributed by atoms with E-state index < -0.39 is 0 Å². The Balaban J connectivity index is 1.91. The smallest absolute Gasteiger partial charge is 0.130 e. The molecule has 0 amide bonds. The molecular formula is C16H28N4. The van der Waals surface area contributed by atoms with Gasteiger partial charge in [-0.2, -0.15) is 0 Å². The molecule has 4 heteroatoms. The molecule has 4 nitrogen and oxygen atoms in total. The van der Waals surface area contributed by atoms with E-state index in [9.17, 15) is 0 Å². The van der Waals surface area contributed by atoms with E-state index in [1.807, 2.05) is 6.07 Å². The fraction of sp³-hybridized carbons (Fsp3) is 0.688. The van der Waals surface area contributed by atoms with E-state index in [0.29, 0.717) is 0 Å². The summed E-state index contributed by atoms with van der Waals surface area (Å²) >= 11 is 0. The number of hydrogen-bond acceptors (Lipinski definition) is 4. The summed E-state index contributed by atoms with van der Waals surface area (Å²) in [5, 5.41) is 3.43. The van der Waals surface area contributed by atoms with Gasteiger partial charge in [0.2, 0.25) is 0 Å². The van der Waals surface area contributed by atoms with Crippen molar-refractivity contribution in [3.63, 3.8) is 0 Å². The van der Waals surface area contributed by atoms with E-state index in [4.69, 9.17) is 4.98 Å². The largest absolute Gasteiger partial charge is 0.365 e. The molecule has 1 saturated heterocycles. The van der Waals surface area contributed by atoms with Crippen LogP contribution in [-0.2, 0) is 0 Å². The molecule has 0 radical (unpaired) electrons. The highest BCUT2D eigenvalue weighted by Crippen LogP contribution is 2.17. The second-order valence-corrected chi connectivity index (χ2v) is 6.73. The normalized spacial score (nSPS) is 16.4. The molecule has 0 aromatic carbocycles. The van der Waals surface area contributed by atoms with Crippen molar-refractivity contribution in [2.75, 3.05) is 43.4 Å². The summed E-state index contributed by atoms with van der Waals surface area (Å²) in [5.74, 6) is 1.99. The maximum atomic E-state index is 4.70. The summed E-state index contributed by atoms with van der Waals surface area (Å²) in [6.45, 7) is 11.1. The Morgan fingerprint density at radius 3 is 2.60 bits per heavy atom. The minimum absolute atomic E-state index is 0.0414. The Hall–Kier alpha value is -1.29. The lowest BCUT2D eigenvalue weighted by atomic mass is 10.1. The first kappa shape index (κ1) is 15.1. The lowest BCUT2D eigenvalue weighted by Gasteiger charge is -2.25. The lowest BCUT2D eigenvalue weighted by Crippen LogP contribution is -2.32. The van der Waals surface area contributed by atoms with E-state index in [1.54, 1.807) is 0 Å². The number of aromatic nitrogens is 1. The van der Waals surface area contributed by atoms with Crippen LogP contribution in [0.5, 0.6) is 0 Å². The third-order valence-electron chi connectivity index (χ3n) is 3.58. The van der Waals surface area contributed by atoms with Crippen LogP contribution in [0, 0.1) is 0 Å². The molecule has 1 N–H and O–H groups in total. The zero-order chi connectivity index (χ0) is 14.6. The Morgan fingerprint density at radius 2 is 1.95 bits per heavy atom. The van der Waals surface area contributed by atoms with Gasteiger partial charge in [-0.05, 0) is 58.8 Å². The van der Waals surface area contributed by atoms with E-state index in [2.05, 4.69) is 55.1 Å². The second kappa shape index (κ2) is 6.44. The first-order chi connectivity index (χ1) is 9.44. The fourth-order valence-corrected chi connectivity index (χ4v) is 2.50. The van der Waals surface area contributed by atoms with E-state index in [1.165, 1.54) is 25.9 Å². The SMILES string of the molecule is CN(CCN1CCCC1)c1cccc(NC(C)(C)C)n1. The molecule has 0 unspecified atom stereocenters. The molecule has 0 bridgehead atoms. The molecule has 1 aromatic rings. The fourth-order valence-electron chi connectivity index (χ4n) is 2.50. The number of rotatable bonds is 5. The highest BCUT2D eigenvalue weighted by atomic mass is 15.2. The van der Waals surface area contributed by atoms with Crippen molar-refractivity contribution >= 4 is 11.6 Å². The molecule has 1 aliphatic heterocycles. The van der Waals surface area contributed by atoms with Gasteiger partial charge < -0.3 is 15.1 Å². The van der Waals surface area contributed by atoms with Gasteiger partial charge in [0.15, 0.2) is 0 Å². The molecule has 0 spiro atoms. The minimum atomic E-state index is 0.0414. The second-order valence-electron chi connectivity index (χ2n) is 6.73. The number of nitrogens with one attached hydrogen (secondary N) is 1. The van der Waals surface area contributed by atoms with Crippen molar-refractivity contribution in [3.8, 4) is 0 Å². The van der Waals surface area contributed by atoms with Gasteiger partial charge >= 0.3 is 0 Å². The van der Waals surface area contributed by atoms with Crippen molar-refractivity contribution in [1.82, 2.24) is 9.88 Å². The third-order valence-corrected chi connectivity index (χ3v) is 3.58. The van der Waals surface area contributed by atoms with Crippen LogP contribution in [0.15, 0.2) is 18.2 Å². The van der Waals surface area contributed by atoms with Crippen LogP contribution >= 0.6 is 0 Å². The number of pyridine rings is 1. The Kier molecular flexibility index (Phi) is 4.86. The maximum Gasteiger partial charge on any atom is 0.130 e. The van der Waals surface area contributed by atoms with E-state index in [0.717, 1.165) is 24.7 Å². The molecular weight excluding hydrogens is 248 g/mol. The van der Waals surface area contributed by atoms with Gasteiger partial charge in [0.05, 0.1) is 0 Å². The zero-order valence-corrected chi connectivity index (χ0v) is 13.3. The number of hydrogen-bond donors (Lipinski definition) is 1. The van der Waals surface area contributed by atoms with Gasteiger partial charge in [-0.1, -0.05) is 6.07 Å². The molecule has 0 saturated carbocycles.